The Kier molecular flexibility index (Phi) is 8.43. The first-order valence-corrected chi connectivity index (χ1v) is 11.3. The van der Waals surface area contributed by atoms with Crippen LogP contribution in [0.2, 0.25) is 0 Å². The van der Waals surface area contributed by atoms with E-state index in [1.54, 1.807) is 12.1 Å². The highest BCUT2D eigenvalue weighted by atomic mass is 19.1. The molecule has 0 saturated heterocycles. The van der Waals surface area contributed by atoms with E-state index >= 15 is 0 Å². The maximum Gasteiger partial charge on any atom is 0.140 e. The highest BCUT2D eigenvalue weighted by Gasteiger charge is 2.30. The van der Waals surface area contributed by atoms with Gasteiger partial charge in [0.25, 0.3) is 0 Å². The molecule has 0 radical (unpaired) electrons. The van der Waals surface area contributed by atoms with Crippen molar-refractivity contribution in [2.45, 2.75) is 46.3 Å². The molecule has 0 aliphatic heterocycles. The lowest BCUT2D eigenvalue weighted by Gasteiger charge is -2.30. The normalized spacial score (nSPS) is 12.9. The minimum Gasteiger partial charge on any atom is -0.489 e. The number of ether oxygens (including phenoxy) is 1. The Morgan fingerprint density at radius 1 is 0.938 bits per heavy atom. The summed E-state index contributed by atoms with van der Waals surface area (Å²) in [6.07, 6.45) is 1.69. The Hall–Kier alpha value is -3.14. The van der Waals surface area contributed by atoms with Gasteiger partial charge in [-0.25, -0.2) is 4.39 Å². The van der Waals surface area contributed by atoms with E-state index in [-0.39, 0.29) is 29.5 Å². The van der Waals surface area contributed by atoms with Crippen LogP contribution in [0.15, 0.2) is 78.9 Å². The summed E-state index contributed by atoms with van der Waals surface area (Å²) in [5.74, 6) is 0.491. The van der Waals surface area contributed by atoms with Crippen LogP contribution in [0.4, 0.5) is 10.1 Å². The zero-order valence-electron chi connectivity index (χ0n) is 19.1. The topological polar surface area (TPSA) is 38.3 Å². The van der Waals surface area contributed by atoms with Gasteiger partial charge in [0.15, 0.2) is 0 Å². The molecule has 4 heteroatoms. The van der Waals surface area contributed by atoms with E-state index in [0.29, 0.717) is 6.61 Å². The molecule has 0 aliphatic rings. The van der Waals surface area contributed by atoms with Gasteiger partial charge >= 0.3 is 0 Å². The third kappa shape index (κ3) is 6.43. The van der Waals surface area contributed by atoms with E-state index in [4.69, 9.17) is 4.74 Å². The molecule has 0 heterocycles. The zero-order chi connectivity index (χ0) is 22.9. The molecular formula is C28H32FNO2. The maximum atomic E-state index is 13.4. The summed E-state index contributed by atoms with van der Waals surface area (Å²) in [7, 11) is 0. The predicted octanol–water partition coefficient (Wildman–Crippen LogP) is 7.20. The Balaban J connectivity index is 1.84. The molecule has 0 aliphatic carbocycles. The van der Waals surface area contributed by atoms with Gasteiger partial charge in [-0.05, 0) is 53.9 Å². The predicted molar refractivity (Wildman–Crippen MR) is 128 cm³/mol. The molecule has 1 N–H and O–H groups in total. The molecule has 3 rings (SSSR count). The quantitative estimate of drug-likeness (QED) is 0.347. The van der Waals surface area contributed by atoms with Gasteiger partial charge in [0.1, 0.15) is 24.0 Å². The van der Waals surface area contributed by atoms with Gasteiger partial charge in [-0.3, -0.25) is 4.79 Å². The fourth-order valence-corrected chi connectivity index (χ4v) is 3.87. The molecule has 3 aromatic carbocycles. The van der Waals surface area contributed by atoms with Gasteiger partial charge in [-0.15, -0.1) is 0 Å². The smallest absolute Gasteiger partial charge is 0.140 e. The number of anilines is 1. The standard InChI is InChI=1S/C28H32FNO2/c1-4-8-26(28(31)20(2)3)27(30-24-15-13-23(29)14-16-24)22-11-17-25(18-12-22)32-19-21-9-6-5-7-10-21/h5-7,9-18,20,26-27,30H,4,8,19H2,1-3H3. The van der Waals surface area contributed by atoms with Crippen molar-refractivity contribution in [3.8, 4) is 5.75 Å². The Labute approximate surface area is 190 Å². The number of benzene rings is 3. The van der Waals surface area contributed by atoms with Crippen molar-refractivity contribution in [3.63, 3.8) is 0 Å². The molecule has 0 bridgehead atoms. The number of halogens is 1. The van der Waals surface area contributed by atoms with Crippen LogP contribution in [0.1, 0.15) is 50.8 Å². The molecule has 3 aromatic rings. The molecule has 0 spiro atoms. The average Bonchev–Trinajstić information content (AvgIpc) is 2.82. The number of Topliss-reactive ketones (excluding diaryl/α,β-unsaturated/α-hetero) is 1. The van der Waals surface area contributed by atoms with Crippen molar-refractivity contribution in [1.82, 2.24) is 0 Å². The van der Waals surface area contributed by atoms with E-state index in [1.807, 2.05) is 68.4 Å². The van der Waals surface area contributed by atoms with Gasteiger partial charge in [0, 0.05) is 17.5 Å². The van der Waals surface area contributed by atoms with E-state index < -0.39 is 0 Å². The summed E-state index contributed by atoms with van der Waals surface area (Å²) in [5, 5.41) is 3.49. The second kappa shape index (κ2) is 11.5. The van der Waals surface area contributed by atoms with Gasteiger partial charge in [-0.2, -0.15) is 0 Å². The summed E-state index contributed by atoms with van der Waals surface area (Å²) in [4.78, 5) is 13.1. The lowest BCUT2D eigenvalue weighted by atomic mass is 9.82. The number of rotatable bonds is 11. The van der Waals surface area contributed by atoms with Crippen LogP contribution >= 0.6 is 0 Å². The first-order valence-electron chi connectivity index (χ1n) is 11.3. The molecule has 2 unspecified atom stereocenters. The van der Waals surface area contributed by atoms with Gasteiger partial charge in [0.05, 0.1) is 6.04 Å². The lowest BCUT2D eigenvalue weighted by molar-refractivity contribution is -0.126. The number of hydrogen-bond acceptors (Lipinski definition) is 3. The Morgan fingerprint density at radius 3 is 2.19 bits per heavy atom. The van der Waals surface area contributed by atoms with E-state index in [9.17, 15) is 9.18 Å². The summed E-state index contributed by atoms with van der Waals surface area (Å²) < 4.78 is 19.3. The van der Waals surface area contributed by atoms with E-state index in [0.717, 1.165) is 35.4 Å². The van der Waals surface area contributed by atoms with Crippen LogP contribution in [-0.4, -0.2) is 5.78 Å². The third-order valence-corrected chi connectivity index (χ3v) is 5.59. The molecule has 168 valence electrons. The van der Waals surface area contributed by atoms with Crippen molar-refractivity contribution in [2.75, 3.05) is 5.32 Å². The SMILES string of the molecule is CCCC(C(=O)C(C)C)C(Nc1ccc(F)cc1)c1ccc(OCc2ccccc2)cc1. The monoisotopic (exact) mass is 433 g/mol. The number of nitrogens with one attached hydrogen (secondary N) is 1. The fourth-order valence-electron chi connectivity index (χ4n) is 3.87. The van der Waals surface area contributed by atoms with Crippen molar-refractivity contribution < 1.29 is 13.9 Å². The minimum atomic E-state index is -0.282. The first-order chi connectivity index (χ1) is 15.5. The molecule has 0 fully saturated rings. The summed E-state index contributed by atoms with van der Waals surface area (Å²) in [6.45, 7) is 6.48. The van der Waals surface area contributed by atoms with Crippen molar-refractivity contribution in [2.24, 2.45) is 11.8 Å². The highest BCUT2D eigenvalue weighted by molar-refractivity contribution is 5.84. The van der Waals surface area contributed by atoms with Crippen LogP contribution < -0.4 is 10.1 Å². The summed E-state index contributed by atoms with van der Waals surface area (Å²) >= 11 is 0. The lowest BCUT2D eigenvalue weighted by Crippen LogP contribution is -2.30. The number of carbonyl (C=O) groups excluding carboxylic acids is 1. The molecule has 0 saturated carbocycles. The minimum absolute atomic E-state index is 0.0578. The van der Waals surface area contributed by atoms with Crippen molar-refractivity contribution in [1.29, 1.82) is 0 Å². The van der Waals surface area contributed by atoms with Crippen LogP contribution in [-0.2, 0) is 11.4 Å². The van der Waals surface area contributed by atoms with Gasteiger partial charge in [-0.1, -0.05) is 69.7 Å². The highest BCUT2D eigenvalue weighted by Crippen LogP contribution is 2.33. The van der Waals surface area contributed by atoms with E-state index in [2.05, 4.69) is 12.2 Å². The van der Waals surface area contributed by atoms with Gasteiger partial charge in [0.2, 0.25) is 0 Å². The second-order valence-electron chi connectivity index (χ2n) is 8.42. The van der Waals surface area contributed by atoms with Crippen LogP contribution in [0.25, 0.3) is 0 Å². The van der Waals surface area contributed by atoms with Crippen LogP contribution in [0.5, 0.6) is 5.75 Å². The van der Waals surface area contributed by atoms with Crippen LogP contribution in [0.3, 0.4) is 0 Å². The average molecular weight is 434 g/mol. The molecule has 32 heavy (non-hydrogen) atoms. The number of ketones is 1. The molecule has 3 nitrogen and oxygen atoms in total. The molecule has 0 aromatic heterocycles. The fraction of sp³-hybridized carbons (Fsp3) is 0.321. The van der Waals surface area contributed by atoms with Crippen molar-refractivity contribution >= 4 is 11.5 Å². The second-order valence-corrected chi connectivity index (χ2v) is 8.42. The number of carbonyl (C=O) groups is 1. The largest absolute Gasteiger partial charge is 0.489 e. The molecular weight excluding hydrogens is 401 g/mol. The Morgan fingerprint density at radius 2 is 1.59 bits per heavy atom. The number of hydrogen-bond donors (Lipinski definition) is 1. The Bertz CT molecular complexity index is 969. The van der Waals surface area contributed by atoms with Crippen molar-refractivity contribution in [3.05, 3.63) is 95.8 Å². The molecule has 2 atom stereocenters. The van der Waals surface area contributed by atoms with E-state index in [1.165, 1.54) is 12.1 Å². The summed E-state index contributed by atoms with van der Waals surface area (Å²) in [5.41, 5.74) is 2.91. The van der Waals surface area contributed by atoms with Crippen LogP contribution in [0, 0.1) is 17.7 Å². The zero-order valence-corrected chi connectivity index (χ0v) is 19.1. The molecule has 0 amide bonds. The summed E-state index contributed by atoms with van der Waals surface area (Å²) in [6, 6.07) is 24.0. The first kappa shape index (κ1) is 23.5. The maximum absolute atomic E-state index is 13.4. The van der Waals surface area contributed by atoms with Gasteiger partial charge < -0.3 is 10.1 Å². The third-order valence-electron chi connectivity index (χ3n) is 5.59.